The quantitative estimate of drug-likeness (QED) is 0.702. The molecule has 13 heavy (non-hydrogen) atoms. The van der Waals surface area contributed by atoms with Crippen LogP contribution in [0.4, 0.5) is 0 Å². The summed E-state index contributed by atoms with van der Waals surface area (Å²) in [5.74, 6) is -0.242. The van der Waals surface area contributed by atoms with Crippen LogP contribution in [0.25, 0.3) is 0 Å². The molecule has 3 heteroatoms. The second-order valence-corrected chi connectivity index (χ2v) is 2.27. The highest BCUT2D eigenvalue weighted by Crippen LogP contribution is 1.99. The van der Waals surface area contributed by atoms with Crippen LogP contribution in [0.15, 0.2) is 30.3 Å². The highest BCUT2D eigenvalue weighted by atomic mass is 16.5. The number of esters is 1. The molecule has 3 nitrogen and oxygen atoms in total. The molecule has 0 bridgehead atoms. The van der Waals surface area contributed by atoms with E-state index in [9.17, 15) is 4.79 Å². The first-order chi connectivity index (χ1) is 6.29. The molecule has 0 saturated heterocycles. The number of aliphatic hydroxyl groups excluding tert-OH is 1. The Hall–Kier alpha value is -1.35. The molecular weight excluding hydrogens is 168 g/mol. The molecule has 0 amide bonds. The lowest BCUT2D eigenvalue weighted by molar-refractivity contribution is -0.142. The molecule has 0 aliphatic rings. The lowest BCUT2D eigenvalue weighted by Gasteiger charge is -1.99. The van der Waals surface area contributed by atoms with Crippen molar-refractivity contribution in [1.82, 2.24) is 0 Å². The summed E-state index contributed by atoms with van der Waals surface area (Å²) in [5.41, 5.74) is 1.02. The predicted octanol–water partition coefficient (Wildman–Crippen LogP) is 1.36. The number of carbonyl (C=O) groups excluding carboxylic acids is 1. The van der Waals surface area contributed by atoms with Crippen molar-refractivity contribution in [2.45, 2.75) is 13.5 Å². The minimum absolute atomic E-state index is 0.242. The van der Waals surface area contributed by atoms with Gasteiger partial charge in [-0.1, -0.05) is 30.3 Å². The Bertz CT molecular complexity index is 231. The lowest BCUT2D eigenvalue weighted by atomic mass is 10.2. The van der Waals surface area contributed by atoms with E-state index in [2.05, 4.69) is 0 Å². The minimum atomic E-state index is -0.242. The van der Waals surface area contributed by atoms with Crippen molar-refractivity contribution < 1.29 is 14.6 Å². The Balaban J connectivity index is 0.000000671. The third-order valence-corrected chi connectivity index (χ3v) is 1.28. The minimum Gasteiger partial charge on any atom is -0.461 e. The van der Waals surface area contributed by atoms with Crippen LogP contribution in [0, 0.1) is 0 Å². The first-order valence-electron chi connectivity index (χ1n) is 3.91. The van der Waals surface area contributed by atoms with E-state index in [1.54, 1.807) is 0 Å². The Morgan fingerprint density at radius 3 is 2.31 bits per heavy atom. The van der Waals surface area contributed by atoms with E-state index in [0.29, 0.717) is 6.61 Å². The number of hydrogen-bond acceptors (Lipinski definition) is 3. The molecule has 0 radical (unpaired) electrons. The van der Waals surface area contributed by atoms with Crippen molar-refractivity contribution in [3.05, 3.63) is 35.9 Å². The maximum Gasteiger partial charge on any atom is 0.302 e. The molecule has 1 aromatic carbocycles. The van der Waals surface area contributed by atoms with Gasteiger partial charge in [-0.2, -0.15) is 0 Å². The van der Waals surface area contributed by atoms with Gasteiger partial charge in [-0.25, -0.2) is 0 Å². The molecule has 0 aromatic heterocycles. The smallest absolute Gasteiger partial charge is 0.302 e. The Labute approximate surface area is 78.0 Å². The van der Waals surface area contributed by atoms with E-state index in [0.717, 1.165) is 12.7 Å². The lowest BCUT2D eigenvalue weighted by Crippen LogP contribution is -1.97. The van der Waals surface area contributed by atoms with E-state index >= 15 is 0 Å². The zero-order chi connectivity index (χ0) is 10.1. The van der Waals surface area contributed by atoms with Gasteiger partial charge < -0.3 is 9.84 Å². The first kappa shape index (κ1) is 11.6. The highest BCUT2D eigenvalue weighted by molar-refractivity contribution is 5.65. The van der Waals surface area contributed by atoms with Gasteiger partial charge >= 0.3 is 5.97 Å². The maximum absolute atomic E-state index is 10.4. The average molecular weight is 182 g/mol. The van der Waals surface area contributed by atoms with Crippen LogP contribution in [-0.4, -0.2) is 18.2 Å². The van der Waals surface area contributed by atoms with Gasteiger partial charge in [-0.15, -0.1) is 0 Å². The molecule has 0 unspecified atom stereocenters. The fraction of sp³-hybridized carbons (Fsp3) is 0.300. The number of rotatable bonds is 2. The zero-order valence-corrected chi connectivity index (χ0v) is 7.86. The van der Waals surface area contributed by atoms with Crippen molar-refractivity contribution >= 4 is 5.97 Å². The monoisotopic (exact) mass is 182 g/mol. The zero-order valence-electron chi connectivity index (χ0n) is 7.86. The second kappa shape index (κ2) is 7.31. The van der Waals surface area contributed by atoms with Gasteiger partial charge in [-0.05, 0) is 5.56 Å². The SMILES string of the molecule is CC(=O)OCc1ccccc1.CO. The van der Waals surface area contributed by atoms with Crippen molar-refractivity contribution in [3.8, 4) is 0 Å². The van der Waals surface area contributed by atoms with Gasteiger partial charge in [0.1, 0.15) is 6.61 Å². The Morgan fingerprint density at radius 2 is 1.85 bits per heavy atom. The largest absolute Gasteiger partial charge is 0.461 e. The molecule has 0 aliphatic carbocycles. The molecule has 0 aliphatic heterocycles. The van der Waals surface area contributed by atoms with Crippen molar-refractivity contribution in [2.24, 2.45) is 0 Å². The van der Waals surface area contributed by atoms with Crippen molar-refractivity contribution in [2.75, 3.05) is 7.11 Å². The number of ether oxygens (including phenoxy) is 1. The van der Waals surface area contributed by atoms with Gasteiger partial charge in [0.05, 0.1) is 0 Å². The molecule has 1 N–H and O–H groups in total. The molecule has 1 aromatic rings. The molecule has 0 fully saturated rings. The summed E-state index contributed by atoms with van der Waals surface area (Å²) in [4.78, 5) is 10.4. The van der Waals surface area contributed by atoms with Crippen LogP contribution in [0.5, 0.6) is 0 Å². The summed E-state index contributed by atoms with van der Waals surface area (Å²) in [5, 5.41) is 7.00. The van der Waals surface area contributed by atoms with Crippen molar-refractivity contribution in [1.29, 1.82) is 0 Å². The Kier molecular flexibility index (Phi) is 6.55. The standard InChI is InChI=1S/C9H10O2.CH4O/c1-8(10)11-7-9-5-3-2-4-6-9;1-2/h2-6H,7H2,1H3;2H,1H3. The first-order valence-corrected chi connectivity index (χ1v) is 3.91. The number of aliphatic hydroxyl groups is 1. The molecule has 0 atom stereocenters. The summed E-state index contributed by atoms with van der Waals surface area (Å²) in [6.07, 6.45) is 0. The number of hydrogen-bond donors (Lipinski definition) is 1. The average Bonchev–Trinajstić information content (AvgIpc) is 2.19. The van der Waals surface area contributed by atoms with Gasteiger partial charge in [0.15, 0.2) is 0 Å². The van der Waals surface area contributed by atoms with Gasteiger partial charge in [0, 0.05) is 14.0 Å². The van der Waals surface area contributed by atoms with E-state index in [1.807, 2.05) is 30.3 Å². The van der Waals surface area contributed by atoms with Crippen LogP contribution >= 0.6 is 0 Å². The third kappa shape index (κ3) is 5.87. The number of carbonyl (C=O) groups is 1. The van der Waals surface area contributed by atoms with Gasteiger partial charge in [0.2, 0.25) is 0 Å². The fourth-order valence-electron chi connectivity index (χ4n) is 0.759. The van der Waals surface area contributed by atoms with Gasteiger partial charge in [0.25, 0.3) is 0 Å². The highest BCUT2D eigenvalue weighted by Gasteiger charge is 1.93. The molecule has 1 rings (SSSR count). The van der Waals surface area contributed by atoms with Crippen LogP contribution < -0.4 is 0 Å². The molecule has 0 heterocycles. The summed E-state index contributed by atoms with van der Waals surface area (Å²) in [7, 11) is 1.00. The predicted molar refractivity (Wildman–Crippen MR) is 50.1 cm³/mol. The van der Waals surface area contributed by atoms with Crippen LogP contribution in [0.3, 0.4) is 0 Å². The normalized spacial score (nSPS) is 8.23. The summed E-state index contributed by atoms with van der Waals surface area (Å²) in [6.45, 7) is 1.78. The van der Waals surface area contributed by atoms with Crippen LogP contribution in [0.2, 0.25) is 0 Å². The van der Waals surface area contributed by atoms with Crippen LogP contribution in [-0.2, 0) is 16.1 Å². The summed E-state index contributed by atoms with van der Waals surface area (Å²) >= 11 is 0. The fourth-order valence-corrected chi connectivity index (χ4v) is 0.759. The molecule has 0 spiro atoms. The van der Waals surface area contributed by atoms with Crippen molar-refractivity contribution in [3.63, 3.8) is 0 Å². The van der Waals surface area contributed by atoms with E-state index in [1.165, 1.54) is 6.92 Å². The summed E-state index contributed by atoms with van der Waals surface area (Å²) in [6, 6.07) is 9.60. The van der Waals surface area contributed by atoms with E-state index in [4.69, 9.17) is 9.84 Å². The molecule has 72 valence electrons. The van der Waals surface area contributed by atoms with Crippen LogP contribution in [0.1, 0.15) is 12.5 Å². The molecule has 0 saturated carbocycles. The molecular formula is C10H14O3. The second-order valence-electron chi connectivity index (χ2n) is 2.27. The topological polar surface area (TPSA) is 46.5 Å². The Morgan fingerprint density at radius 1 is 1.31 bits per heavy atom. The van der Waals surface area contributed by atoms with Gasteiger partial charge in [-0.3, -0.25) is 4.79 Å². The third-order valence-electron chi connectivity index (χ3n) is 1.28. The summed E-state index contributed by atoms with van der Waals surface area (Å²) < 4.78 is 4.79. The van der Waals surface area contributed by atoms with E-state index < -0.39 is 0 Å². The maximum atomic E-state index is 10.4. The van der Waals surface area contributed by atoms with E-state index in [-0.39, 0.29) is 5.97 Å². The number of benzene rings is 1.